The number of benzene rings is 1. The predicted octanol–water partition coefficient (Wildman–Crippen LogP) is 0.862. The molecule has 0 spiro atoms. The highest BCUT2D eigenvalue weighted by molar-refractivity contribution is 5.77. The first kappa shape index (κ1) is 9.51. The summed E-state index contributed by atoms with van der Waals surface area (Å²) in [6.07, 6.45) is 0.0590. The van der Waals surface area contributed by atoms with Crippen molar-refractivity contribution in [2.24, 2.45) is 5.73 Å². The lowest BCUT2D eigenvalue weighted by molar-refractivity contribution is -0.117. The number of methoxy groups -OCH3 is 1. The van der Waals surface area contributed by atoms with Crippen LogP contribution in [0.25, 0.3) is 0 Å². The molecule has 1 amide bonds. The largest absolute Gasteiger partial charge is 0.496 e. The molecule has 1 rings (SSSR count). The van der Waals surface area contributed by atoms with Crippen LogP contribution in [-0.4, -0.2) is 13.0 Å². The first-order chi connectivity index (χ1) is 6.13. The highest BCUT2D eigenvalue weighted by Gasteiger charge is 2.06. The molecule has 0 saturated carbocycles. The minimum absolute atomic E-state index is 0.0590. The van der Waals surface area contributed by atoms with Gasteiger partial charge in [-0.2, -0.15) is 0 Å². The zero-order valence-corrected chi connectivity index (χ0v) is 7.21. The van der Waals surface area contributed by atoms with E-state index in [9.17, 15) is 9.18 Å². The molecule has 0 saturated heterocycles. The van der Waals surface area contributed by atoms with Gasteiger partial charge < -0.3 is 10.5 Å². The van der Waals surface area contributed by atoms with E-state index in [0.717, 1.165) is 0 Å². The van der Waals surface area contributed by atoms with Gasteiger partial charge in [0.05, 0.1) is 13.5 Å². The maximum Gasteiger partial charge on any atom is 0.221 e. The fourth-order valence-electron chi connectivity index (χ4n) is 1.05. The van der Waals surface area contributed by atoms with E-state index in [0.29, 0.717) is 11.3 Å². The zero-order valence-electron chi connectivity index (χ0n) is 7.21. The monoisotopic (exact) mass is 183 g/mol. The highest BCUT2D eigenvalue weighted by Crippen LogP contribution is 2.19. The molecular formula is C9H10FNO2. The van der Waals surface area contributed by atoms with E-state index in [1.165, 1.54) is 25.3 Å². The van der Waals surface area contributed by atoms with Gasteiger partial charge in [-0.15, -0.1) is 0 Å². The lowest BCUT2D eigenvalue weighted by Crippen LogP contribution is -2.14. The maximum absolute atomic E-state index is 12.7. The number of rotatable bonds is 3. The van der Waals surface area contributed by atoms with Crippen molar-refractivity contribution < 1.29 is 13.9 Å². The van der Waals surface area contributed by atoms with E-state index in [1.807, 2.05) is 0 Å². The summed E-state index contributed by atoms with van der Waals surface area (Å²) in [5.41, 5.74) is 5.59. The number of halogens is 1. The van der Waals surface area contributed by atoms with Crippen LogP contribution in [0, 0.1) is 5.82 Å². The van der Waals surface area contributed by atoms with Crippen molar-refractivity contribution in [2.45, 2.75) is 6.42 Å². The molecule has 13 heavy (non-hydrogen) atoms. The Hall–Kier alpha value is -1.58. The maximum atomic E-state index is 12.7. The van der Waals surface area contributed by atoms with E-state index < -0.39 is 11.7 Å². The summed E-state index contributed by atoms with van der Waals surface area (Å²) < 4.78 is 17.6. The number of hydrogen-bond donors (Lipinski definition) is 1. The lowest BCUT2D eigenvalue weighted by Gasteiger charge is -2.05. The summed E-state index contributed by atoms with van der Waals surface area (Å²) in [7, 11) is 1.42. The number of carbonyl (C=O) groups is 1. The van der Waals surface area contributed by atoms with Crippen LogP contribution in [0.3, 0.4) is 0 Å². The second-order valence-electron chi connectivity index (χ2n) is 2.60. The van der Waals surface area contributed by atoms with Gasteiger partial charge in [0, 0.05) is 11.6 Å². The van der Waals surface area contributed by atoms with Gasteiger partial charge in [-0.3, -0.25) is 4.79 Å². The van der Waals surface area contributed by atoms with Crippen LogP contribution < -0.4 is 10.5 Å². The van der Waals surface area contributed by atoms with Crippen molar-refractivity contribution in [2.75, 3.05) is 7.11 Å². The summed E-state index contributed by atoms with van der Waals surface area (Å²) in [6.45, 7) is 0. The summed E-state index contributed by atoms with van der Waals surface area (Å²) in [4.78, 5) is 10.6. The average Bonchev–Trinajstić information content (AvgIpc) is 2.07. The van der Waals surface area contributed by atoms with E-state index in [4.69, 9.17) is 10.5 Å². The summed E-state index contributed by atoms with van der Waals surface area (Å²) in [6, 6.07) is 3.97. The minimum atomic E-state index is -0.468. The molecule has 0 aliphatic carbocycles. The molecule has 0 aliphatic rings. The van der Waals surface area contributed by atoms with Gasteiger partial charge >= 0.3 is 0 Å². The Morgan fingerprint density at radius 2 is 2.31 bits per heavy atom. The number of carbonyl (C=O) groups excluding carboxylic acids is 1. The zero-order chi connectivity index (χ0) is 9.84. The molecule has 1 aromatic carbocycles. The van der Waals surface area contributed by atoms with Crippen molar-refractivity contribution in [1.29, 1.82) is 0 Å². The second-order valence-corrected chi connectivity index (χ2v) is 2.60. The molecule has 1 aromatic rings. The van der Waals surface area contributed by atoms with E-state index in [-0.39, 0.29) is 6.42 Å². The van der Waals surface area contributed by atoms with Crippen LogP contribution in [0.1, 0.15) is 5.56 Å². The molecule has 0 bridgehead atoms. The quantitative estimate of drug-likeness (QED) is 0.755. The molecule has 0 atom stereocenters. The van der Waals surface area contributed by atoms with Gasteiger partial charge in [0.2, 0.25) is 5.91 Å². The Balaban J connectivity index is 2.99. The third-order valence-corrected chi connectivity index (χ3v) is 1.61. The van der Waals surface area contributed by atoms with Gasteiger partial charge in [0.25, 0.3) is 0 Å². The molecule has 0 unspecified atom stereocenters. The Kier molecular flexibility index (Phi) is 2.84. The van der Waals surface area contributed by atoms with E-state index in [1.54, 1.807) is 0 Å². The number of amides is 1. The van der Waals surface area contributed by atoms with E-state index in [2.05, 4.69) is 0 Å². The lowest BCUT2D eigenvalue weighted by atomic mass is 10.1. The molecule has 4 heteroatoms. The van der Waals surface area contributed by atoms with Gasteiger partial charge in [-0.1, -0.05) is 6.07 Å². The first-order valence-corrected chi connectivity index (χ1v) is 3.74. The number of ether oxygens (including phenoxy) is 1. The SMILES string of the molecule is COc1cc(F)ccc1CC(N)=O. The predicted molar refractivity (Wildman–Crippen MR) is 45.9 cm³/mol. The fraction of sp³-hybridized carbons (Fsp3) is 0.222. The molecule has 70 valence electrons. The summed E-state index contributed by atoms with van der Waals surface area (Å²) >= 11 is 0. The smallest absolute Gasteiger partial charge is 0.221 e. The third kappa shape index (κ3) is 2.43. The van der Waals surface area contributed by atoms with Crippen molar-refractivity contribution in [3.63, 3.8) is 0 Å². The van der Waals surface area contributed by atoms with Crippen molar-refractivity contribution in [1.82, 2.24) is 0 Å². The molecule has 0 radical (unpaired) electrons. The van der Waals surface area contributed by atoms with Crippen LogP contribution >= 0.6 is 0 Å². The number of nitrogens with two attached hydrogens (primary N) is 1. The standard InChI is InChI=1S/C9H10FNO2/c1-13-8-5-7(10)3-2-6(8)4-9(11)12/h2-3,5H,4H2,1H3,(H2,11,12). The topological polar surface area (TPSA) is 52.3 Å². The van der Waals surface area contributed by atoms with Gasteiger partial charge in [0.15, 0.2) is 0 Å². The van der Waals surface area contributed by atoms with Crippen LogP contribution in [-0.2, 0) is 11.2 Å². The molecule has 0 aliphatic heterocycles. The average molecular weight is 183 g/mol. The first-order valence-electron chi connectivity index (χ1n) is 3.74. The molecule has 0 fully saturated rings. The Labute approximate surface area is 75.3 Å². The highest BCUT2D eigenvalue weighted by atomic mass is 19.1. The van der Waals surface area contributed by atoms with Crippen LogP contribution in [0.2, 0.25) is 0 Å². The molecule has 3 nitrogen and oxygen atoms in total. The van der Waals surface area contributed by atoms with Crippen molar-refractivity contribution >= 4 is 5.91 Å². The number of hydrogen-bond acceptors (Lipinski definition) is 2. The molecular weight excluding hydrogens is 173 g/mol. The van der Waals surface area contributed by atoms with Crippen LogP contribution in [0.5, 0.6) is 5.75 Å². The van der Waals surface area contributed by atoms with Gasteiger partial charge in [-0.25, -0.2) is 4.39 Å². The number of primary amides is 1. The van der Waals surface area contributed by atoms with E-state index >= 15 is 0 Å². The Bertz CT molecular complexity index is 325. The Morgan fingerprint density at radius 1 is 1.62 bits per heavy atom. The van der Waals surface area contributed by atoms with Gasteiger partial charge in [0.1, 0.15) is 11.6 Å². The summed E-state index contributed by atoms with van der Waals surface area (Å²) in [5, 5.41) is 0. The minimum Gasteiger partial charge on any atom is -0.496 e. The third-order valence-electron chi connectivity index (χ3n) is 1.61. The van der Waals surface area contributed by atoms with Crippen molar-refractivity contribution in [3.05, 3.63) is 29.6 Å². The Morgan fingerprint density at radius 3 is 2.85 bits per heavy atom. The second kappa shape index (κ2) is 3.89. The summed E-state index contributed by atoms with van der Waals surface area (Å²) in [5.74, 6) is -0.520. The van der Waals surface area contributed by atoms with Crippen LogP contribution in [0.4, 0.5) is 4.39 Å². The molecule has 0 aromatic heterocycles. The van der Waals surface area contributed by atoms with Crippen LogP contribution in [0.15, 0.2) is 18.2 Å². The van der Waals surface area contributed by atoms with Gasteiger partial charge in [-0.05, 0) is 6.07 Å². The normalized spacial score (nSPS) is 9.69. The molecule has 2 N–H and O–H groups in total. The fourth-order valence-corrected chi connectivity index (χ4v) is 1.05. The van der Waals surface area contributed by atoms with Crippen molar-refractivity contribution in [3.8, 4) is 5.75 Å². The molecule has 0 heterocycles.